The zero-order valence-electron chi connectivity index (χ0n) is 8.05. The number of rotatable bonds is 4. The second-order valence-electron chi connectivity index (χ2n) is 3.31. The van der Waals surface area contributed by atoms with Crippen molar-refractivity contribution in [2.45, 2.75) is 26.2 Å². The molecule has 2 nitrogen and oxygen atoms in total. The summed E-state index contributed by atoms with van der Waals surface area (Å²) in [4.78, 5) is 10.1. The van der Waals surface area contributed by atoms with Crippen molar-refractivity contribution in [1.29, 1.82) is 0 Å². The highest BCUT2D eigenvalue weighted by Crippen LogP contribution is 2.11. The molecule has 76 valence electrons. The van der Waals surface area contributed by atoms with Crippen LogP contribution in [0.15, 0.2) is 18.2 Å². The Balaban J connectivity index is 2.51. The van der Waals surface area contributed by atoms with Crippen molar-refractivity contribution in [3.8, 4) is 0 Å². The van der Waals surface area contributed by atoms with Crippen LogP contribution >= 0.6 is 0 Å². The Kier molecular flexibility index (Phi) is 3.63. The van der Waals surface area contributed by atoms with E-state index in [0.29, 0.717) is 18.4 Å². The lowest BCUT2D eigenvalue weighted by Crippen LogP contribution is -2.21. The summed E-state index contributed by atoms with van der Waals surface area (Å²) in [5.74, 6) is -1.27. The van der Waals surface area contributed by atoms with Gasteiger partial charge in [0.15, 0.2) is 0 Å². The van der Waals surface area contributed by atoms with E-state index in [9.17, 15) is 14.3 Å². The van der Waals surface area contributed by atoms with E-state index in [1.54, 1.807) is 19.1 Å². The summed E-state index contributed by atoms with van der Waals surface area (Å²) in [6.45, 7) is 1.69. The minimum Gasteiger partial charge on any atom is -0.550 e. The van der Waals surface area contributed by atoms with Crippen molar-refractivity contribution in [1.82, 2.24) is 0 Å². The van der Waals surface area contributed by atoms with Crippen LogP contribution in [0.1, 0.15) is 24.0 Å². The number of carbonyl (C=O) groups is 1. The average molecular weight is 195 g/mol. The summed E-state index contributed by atoms with van der Waals surface area (Å²) >= 11 is 0. The molecule has 0 aromatic heterocycles. The van der Waals surface area contributed by atoms with Crippen molar-refractivity contribution in [3.05, 3.63) is 35.1 Å². The van der Waals surface area contributed by atoms with E-state index in [4.69, 9.17) is 0 Å². The topological polar surface area (TPSA) is 40.1 Å². The molecule has 14 heavy (non-hydrogen) atoms. The predicted molar refractivity (Wildman–Crippen MR) is 49.1 cm³/mol. The van der Waals surface area contributed by atoms with Gasteiger partial charge in [0, 0.05) is 5.97 Å². The van der Waals surface area contributed by atoms with Gasteiger partial charge in [-0.1, -0.05) is 12.1 Å². The number of hydrogen-bond donors (Lipinski definition) is 0. The molecule has 0 bridgehead atoms. The molecule has 0 atom stereocenters. The number of aliphatic carboxylic acids is 1. The Labute approximate surface area is 82.4 Å². The summed E-state index contributed by atoms with van der Waals surface area (Å²) < 4.78 is 12.8. The number of aryl methyl sites for hydroxylation is 2. The Morgan fingerprint density at radius 2 is 2.21 bits per heavy atom. The van der Waals surface area contributed by atoms with Gasteiger partial charge in [-0.25, -0.2) is 4.39 Å². The number of hydrogen-bond acceptors (Lipinski definition) is 2. The van der Waals surface area contributed by atoms with Crippen LogP contribution in [-0.4, -0.2) is 5.97 Å². The number of halogens is 1. The first-order valence-electron chi connectivity index (χ1n) is 4.54. The van der Waals surface area contributed by atoms with Gasteiger partial charge in [-0.2, -0.15) is 0 Å². The standard InChI is InChI=1S/C11H13FO2/c1-8-7-9(5-6-10(8)12)3-2-4-11(13)14/h5-7H,2-4H2,1H3,(H,13,14)/p-1. The van der Waals surface area contributed by atoms with Crippen LogP contribution in [0.2, 0.25) is 0 Å². The second kappa shape index (κ2) is 4.74. The highest BCUT2D eigenvalue weighted by atomic mass is 19.1. The summed E-state index contributed by atoms with van der Waals surface area (Å²) in [5.41, 5.74) is 1.56. The van der Waals surface area contributed by atoms with Crippen molar-refractivity contribution >= 4 is 5.97 Å². The average Bonchev–Trinajstić information content (AvgIpc) is 2.10. The maximum atomic E-state index is 12.8. The van der Waals surface area contributed by atoms with E-state index >= 15 is 0 Å². The van der Waals surface area contributed by atoms with Crippen molar-refractivity contribution in [2.75, 3.05) is 0 Å². The monoisotopic (exact) mass is 195 g/mol. The summed E-state index contributed by atoms with van der Waals surface area (Å²) in [6.07, 6.45) is 1.24. The van der Waals surface area contributed by atoms with E-state index in [0.717, 1.165) is 5.56 Å². The maximum absolute atomic E-state index is 12.8. The molecule has 0 radical (unpaired) electrons. The van der Waals surface area contributed by atoms with Crippen LogP contribution in [0, 0.1) is 12.7 Å². The van der Waals surface area contributed by atoms with Gasteiger partial charge in [-0.15, -0.1) is 0 Å². The molecule has 0 N–H and O–H groups in total. The van der Waals surface area contributed by atoms with Gasteiger partial charge >= 0.3 is 0 Å². The molecule has 0 saturated carbocycles. The smallest absolute Gasteiger partial charge is 0.126 e. The van der Waals surface area contributed by atoms with Gasteiger partial charge in [0.05, 0.1) is 0 Å². The zero-order valence-corrected chi connectivity index (χ0v) is 8.05. The third kappa shape index (κ3) is 3.17. The van der Waals surface area contributed by atoms with Gasteiger partial charge in [0.1, 0.15) is 5.82 Å². The van der Waals surface area contributed by atoms with E-state index in [1.807, 2.05) is 0 Å². The van der Waals surface area contributed by atoms with Crippen LogP contribution in [0.4, 0.5) is 4.39 Å². The number of benzene rings is 1. The zero-order chi connectivity index (χ0) is 10.6. The summed E-state index contributed by atoms with van der Waals surface area (Å²) in [5, 5.41) is 10.1. The molecule has 0 aliphatic heterocycles. The van der Waals surface area contributed by atoms with Crippen molar-refractivity contribution in [3.63, 3.8) is 0 Å². The van der Waals surface area contributed by atoms with Gasteiger partial charge in [-0.05, 0) is 43.4 Å². The maximum Gasteiger partial charge on any atom is 0.126 e. The number of carboxylic acids is 1. The molecule has 1 aromatic carbocycles. The Morgan fingerprint density at radius 1 is 1.50 bits per heavy atom. The van der Waals surface area contributed by atoms with Crippen LogP contribution < -0.4 is 5.11 Å². The first-order chi connectivity index (χ1) is 6.59. The molecule has 0 aliphatic carbocycles. The molecular formula is C11H12FO2-. The van der Waals surface area contributed by atoms with E-state index < -0.39 is 5.97 Å². The van der Waals surface area contributed by atoms with Gasteiger partial charge in [0.25, 0.3) is 0 Å². The van der Waals surface area contributed by atoms with Crippen molar-refractivity contribution in [2.24, 2.45) is 0 Å². The lowest BCUT2D eigenvalue weighted by molar-refractivity contribution is -0.305. The molecule has 0 unspecified atom stereocenters. The third-order valence-electron chi connectivity index (χ3n) is 2.07. The second-order valence-corrected chi connectivity index (χ2v) is 3.31. The molecule has 0 fully saturated rings. The number of carboxylic acid groups (broad SMARTS) is 1. The SMILES string of the molecule is Cc1cc(CCCC(=O)[O-])ccc1F. The molecule has 0 spiro atoms. The molecule has 0 aliphatic rings. The molecule has 1 aromatic rings. The number of carbonyl (C=O) groups excluding carboxylic acids is 1. The van der Waals surface area contributed by atoms with Crippen LogP contribution in [0.25, 0.3) is 0 Å². The molecule has 0 heterocycles. The fraction of sp³-hybridized carbons (Fsp3) is 0.364. The molecular weight excluding hydrogens is 183 g/mol. The summed E-state index contributed by atoms with van der Waals surface area (Å²) in [6, 6.07) is 4.83. The highest BCUT2D eigenvalue weighted by Gasteiger charge is 1.98. The van der Waals surface area contributed by atoms with Crippen molar-refractivity contribution < 1.29 is 14.3 Å². The van der Waals surface area contributed by atoms with Gasteiger partial charge < -0.3 is 9.90 Å². The molecule has 1 rings (SSSR count). The molecule has 0 amide bonds. The first-order valence-corrected chi connectivity index (χ1v) is 4.54. The lowest BCUT2D eigenvalue weighted by Gasteiger charge is -2.04. The van der Waals surface area contributed by atoms with E-state index in [2.05, 4.69) is 0 Å². The quantitative estimate of drug-likeness (QED) is 0.724. The highest BCUT2D eigenvalue weighted by molar-refractivity contribution is 5.64. The Bertz CT molecular complexity index is 334. The molecule has 0 saturated heterocycles. The Hall–Kier alpha value is -1.38. The fourth-order valence-corrected chi connectivity index (χ4v) is 1.30. The van der Waals surface area contributed by atoms with Crippen LogP contribution in [0.3, 0.4) is 0 Å². The van der Waals surface area contributed by atoms with Gasteiger partial charge in [0.2, 0.25) is 0 Å². The third-order valence-corrected chi connectivity index (χ3v) is 2.07. The summed E-state index contributed by atoms with van der Waals surface area (Å²) in [7, 11) is 0. The minimum atomic E-state index is -1.04. The lowest BCUT2D eigenvalue weighted by atomic mass is 10.1. The molecule has 3 heteroatoms. The first kappa shape index (κ1) is 10.7. The van der Waals surface area contributed by atoms with Gasteiger partial charge in [-0.3, -0.25) is 0 Å². The van der Waals surface area contributed by atoms with E-state index in [-0.39, 0.29) is 12.2 Å². The minimum absolute atomic E-state index is 0.0520. The van der Waals surface area contributed by atoms with Crippen LogP contribution in [-0.2, 0) is 11.2 Å². The largest absolute Gasteiger partial charge is 0.550 e. The van der Waals surface area contributed by atoms with Crippen LogP contribution in [0.5, 0.6) is 0 Å². The predicted octanol–water partition coefficient (Wildman–Crippen LogP) is 1.21. The fourth-order valence-electron chi connectivity index (χ4n) is 1.30. The normalized spacial score (nSPS) is 10.1. The Morgan fingerprint density at radius 3 is 2.79 bits per heavy atom. The van der Waals surface area contributed by atoms with E-state index in [1.165, 1.54) is 6.07 Å².